The number of aromatic nitrogens is 1. The first-order chi connectivity index (χ1) is 15.1. The van der Waals surface area contributed by atoms with Gasteiger partial charge in [0.1, 0.15) is 5.01 Å². The van der Waals surface area contributed by atoms with E-state index in [9.17, 15) is 9.59 Å². The number of thiazole rings is 1. The first-order valence-electron chi connectivity index (χ1n) is 11.4. The fraction of sp³-hybridized carbons (Fsp3) is 0.542. The average molecular weight is 441 g/mol. The number of hydrogen-bond donors (Lipinski definition) is 2. The summed E-state index contributed by atoms with van der Waals surface area (Å²) in [5.41, 5.74) is 2.06. The van der Waals surface area contributed by atoms with Gasteiger partial charge < -0.3 is 15.5 Å². The van der Waals surface area contributed by atoms with Crippen LogP contribution in [0.1, 0.15) is 55.5 Å². The second kappa shape index (κ2) is 10.3. The maximum atomic E-state index is 12.7. The average Bonchev–Trinajstić information content (AvgIpc) is 3.19. The summed E-state index contributed by atoms with van der Waals surface area (Å²) >= 11 is 1.62. The van der Waals surface area contributed by atoms with Gasteiger partial charge in [0.2, 0.25) is 5.91 Å². The Morgan fingerprint density at radius 1 is 1.06 bits per heavy atom. The molecule has 6 nitrogen and oxygen atoms in total. The van der Waals surface area contributed by atoms with Gasteiger partial charge in [0.25, 0.3) is 0 Å². The van der Waals surface area contributed by atoms with Crippen molar-refractivity contribution in [1.29, 1.82) is 0 Å². The zero-order valence-corrected chi connectivity index (χ0v) is 19.0. The maximum absolute atomic E-state index is 12.7. The Morgan fingerprint density at radius 3 is 2.48 bits per heavy atom. The number of likely N-dealkylation sites (tertiary alicyclic amines) is 1. The molecule has 2 aromatic rings. The van der Waals surface area contributed by atoms with Gasteiger partial charge in [-0.2, -0.15) is 0 Å². The molecule has 31 heavy (non-hydrogen) atoms. The zero-order chi connectivity index (χ0) is 21.6. The van der Waals surface area contributed by atoms with E-state index >= 15 is 0 Å². The molecule has 0 spiro atoms. The van der Waals surface area contributed by atoms with Gasteiger partial charge in [-0.25, -0.2) is 9.78 Å². The minimum absolute atomic E-state index is 0.123. The number of hydrogen-bond acceptors (Lipinski definition) is 4. The van der Waals surface area contributed by atoms with E-state index in [-0.39, 0.29) is 18.0 Å². The molecule has 0 bridgehead atoms. The van der Waals surface area contributed by atoms with Gasteiger partial charge in [0.15, 0.2) is 0 Å². The number of benzene rings is 1. The van der Waals surface area contributed by atoms with E-state index in [1.165, 1.54) is 19.3 Å². The standard InChI is InChI=1S/C24H32N4O2S/c1-17-21(31-22(26-17)18-8-4-2-5-9-18)16-25-24(30)27-20-12-14-28(15-13-20)23(29)19-10-6-3-7-11-19/h2,4-5,8-9,19-20H,3,6-7,10-16H2,1H3,(H2,25,27,30). The predicted molar refractivity (Wildman–Crippen MR) is 124 cm³/mol. The fourth-order valence-electron chi connectivity index (χ4n) is 4.55. The number of carbonyl (C=O) groups excluding carboxylic acids is 2. The molecule has 0 radical (unpaired) electrons. The minimum atomic E-state index is -0.147. The molecular weight excluding hydrogens is 408 g/mol. The van der Waals surface area contributed by atoms with E-state index in [0.717, 1.165) is 59.9 Å². The van der Waals surface area contributed by atoms with Gasteiger partial charge in [-0.05, 0) is 32.6 Å². The van der Waals surface area contributed by atoms with Gasteiger partial charge >= 0.3 is 6.03 Å². The van der Waals surface area contributed by atoms with Crippen LogP contribution in [-0.2, 0) is 11.3 Å². The largest absolute Gasteiger partial charge is 0.342 e. The molecule has 0 atom stereocenters. The van der Waals surface area contributed by atoms with Crippen LogP contribution in [0.4, 0.5) is 4.79 Å². The Bertz CT molecular complexity index is 884. The lowest BCUT2D eigenvalue weighted by atomic mass is 9.87. The highest BCUT2D eigenvalue weighted by Gasteiger charge is 2.29. The molecule has 2 heterocycles. The van der Waals surface area contributed by atoms with Crippen LogP contribution in [0.25, 0.3) is 10.6 Å². The Hall–Kier alpha value is -2.41. The van der Waals surface area contributed by atoms with Crippen molar-refractivity contribution in [1.82, 2.24) is 20.5 Å². The molecule has 166 valence electrons. The Morgan fingerprint density at radius 2 is 1.77 bits per heavy atom. The van der Waals surface area contributed by atoms with Crippen molar-refractivity contribution in [3.05, 3.63) is 40.9 Å². The molecule has 3 amide bonds. The van der Waals surface area contributed by atoms with Crippen molar-refractivity contribution in [2.24, 2.45) is 5.92 Å². The van der Waals surface area contributed by atoms with E-state index < -0.39 is 0 Å². The molecule has 2 aliphatic rings. The van der Waals surface area contributed by atoms with E-state index in [2.05, 4.69) is 15.6 Å². The first-order valence-corrected chi connectivity index (χ1v) is 12.3. The molecule has 1 saturated carbocycles. The molecule has 1 aliphatic heterocycles. The summed E-state index contributed by atoms with van der Waals surface area (Å²) in [7, 11) is 0. The van der Waals surface area contributed by atoms with E-state index in [1.807, 2.05) is 42.2 Å². The lowest BCUT2D eigenvalue weighted by Gasteiger charge is -2.35. The topological polar surface area (TPSA) is 74.3 Å². The summed E-state index contributed by atoms with van der Waals surface area (Å²) < 4.78 is 0. The van der Waals surface area contributed by atoms with Crippen LogP contribution in [0, 0.1) is 12.8 Å². The SMILES string of the molecule is Cc1nc(-c2ccccc2)sc1CNC(=O)NC1CCN(C(=O)C2CCCCC2)CC1. The Balaban J connectivity index is 1.21. The molecule has 0 unspecified atom stereocenters. The number of amides is 3. The van der Waals surface area contributed by atoms with Gasteiger partial charge in [-0.3, -0.25) is 4.79 Å². The number of piperidine rings is 1. The highest BCUT2D eigenvalue weighted by atomic mass is 32.1. The maximum Gasteiger partial charge on any atom is 0.315 e. The van der Waals surface area contributed by atoms with Crippen LogP contribution < -0.4 is 10.6 Å². The normalized spacial score (nSPS) is 18.0. The number of aryl methyl sites for hydroxylation is 1. The molecular formula is C24H32N4O2S. The zero-order valence-electron chi connectivity index (χ0n) is 18.2. The quantitative estimate of drug-likeness (QED) is 0.719. The molecule has 1 aromatic heterocycles. The number of urea groups is 1. The van der Waals surface area contributed by atoms with Crippen molar-refractivity contribution >= 4 is 23.3 Å². The third kappa shape index (κ3) is 5.64. The molecule has 7 heteroatoms. The lowest BCUT2D eigenvalue weighted by molar-refractivity contribution is -0.137. The second-order valence-corrected chi connectivity index (χ2v) is 9.74. The second-order valence-electron chi connectivity index (χ2n) is 8.66. The highest BCUT2D eigenvalue weighted by molar-refractivity contribution is 7.15. The van der Waals surface area contributed by atoms with E-state index in [1.54, 1.807) is 11.3 Å². The van der Waals surface area contributed by atoms with Crippen LogP contribution >= 0.6 is 11.3 Å². The van der Waals surface area contributed by atoms with Gasteiger partial charge in [-0.15, -0.1) is 11.3 Å². The number of carbonyl (C=O) groups is 2. The third-order valence-corrected chi connectivity index (χ3v) is 7.63. The van der Waals surface area contributed by atoms with Gasteiger partial charge in [0, 0.05) is 35.5 Å². The number of rotatable bonds is 5. The van der Waals surface area contributed by atoms with Crippen molar-refractivity contribution in [2.45, 2.75) is 64.5 Å². The van der Waals surface area contributed by atoms with Crippen molar-refractivity contribution < 1.29 is 9.59 Å². The summed E-state index contributed by atoms with van der Waals surface area (Å²) in [4.78, 5) is 32.8. The van der Waals surface area contributed by atoms with Gasteiger partial charge in [0.05, 0.1) is 12.2 Å². The first kappa shape index (κ1) is 21.8. The van der Waals surface area contributed by atoms with Crippen molar-refractivity contribution in [3.8, 4) is 10.6 Å². The Kier molecular flexibility index (Phi) is 7.22. The van der Waals surface area contributed by atoms with Crippen LogP contribution in [0.5, 0.6) is 0 Å². The summed E-state index contributed by atoms with van der Waals surface area (Å²) in [5, 5.41) is 7.04. The minimum Gasteiger partial charge on any atom is -0.342 e. The highest BCUT2D eigenvalue weighted by Crippen LogP contribution is 2.28. The summed E-state index contributed by atoms with van der Waals surface area (Å²) in [6.07, 6.45) is 7.36. The number of nitrogens with one attached hydrogen (secondary N) is 2. The summed E-state index contributed by atoms with van der Waals surface area (Å²) in [6.45, 7) is 3.95. The molecule has 2 N–H and O–H groups in total. The lowest BCUT2D eigenvalue weighted by Crippen LogP contribution is -2.50. The third-order valence-electron chi connectivity index (χ3n) is 6.42. The smallest absolute Gasteiger partial charge is 0.315 e. The van der Waals surface area contributed by atoms with Crippen LogP contribution in [0.2, 0.25) is 0 Å². The monoisotopic (exact) mass is 440 g/mol. The molecule has 1 saturated heterocycles. The van der Waals surface area contributed by atoms with Crippen LogP contribution in [-0.4, -0.2) is 41.0 Å². The summed E-state index contributed by atoms with van der Waals surface area (Å²) in [5.74, 6) is 0.558. The summed E-state index contributed by atoms with van der Waals surface area (Å²) in [6, 6.07) is 10.1. The van der Waals surface area contributed by atoms with Crippen molar-refractivity contribution in [2.75, 3.05) is 13.1 Å². The van der Waals surface area contributed by atoms with Crippen molar-refractivity contribution in [3.63, 3.8) is 0 Å². The van der Waals surface area contributed by atoms with E-state index in [0.29, 0.717) is 12.5 Å². The fourth-order valence-corrected chi connectivity index (χ4v) is 5.55. The number of nitrogens with zero attached hydrogens (tertiary/aromatic N) is 2. The Labute approximate surface area is 188 Å². The van der Waals surface area contributed by atoms with E-state index in [4.69, 9.17) is 0 Å². The predicted octanol–water partition coefficient (Wildman–Crippen LogP) is 4.49. The van der Waals surface area contributed by atoms with Gasteiger partial charge in [-0.1, -0.05) is 49.6 Å². The van der Waals surface area contributed by atoms with Crippen LogP contribution in [0.3, 0.4) is 0 Å². The molecule has 2 fully saturated rings. The molecule has 4 rings (SSSR count). The molecule has 1 aliphatic carbocycles. The van der Waals surface area contributed by atoms with Crippen LogP contribution in [0.15, 0.2) is 30.3 Å². The molecule has 1 aromatic carbocycles.